The van der Waals surface area contributed by atoms with Crippen LogP contribution in [0.2, 0.25) is 0 Å². The van der Waals surface area contributed by atoms with Crippen molar-refractivity contribution >= 4 is 35.8 Å². The molecule has 1 aromatic carbocycles. The Hall–Kier alpha value is -1.31. The van der Waals surface area contributed by atoms with Gasteiger partial charge in [0, 0.05) is 17.0 Å². The molecule has 0 spiro atoms. The van der Waals surface area contributed by atoms with E-state index in [4.69, 9.17) is 0 Å². The number of nitro benzene ring substituents is 1. The number of carbonyl (C=O) groups excluding carboxylic acids is 1. The van der Waals surface area contributed by atoms with Crippen molar-refractivity contribution < 1.29 is 9.72 Å². The fourth-order valence-electron chi connectivity index (χ4n) is 2.46. The van der Waals surface area contributed by atoms with E-state index in [0.717, 1.165) is 24.4 Å². The second-order valence-electron chi connectivity index (χ2n) is 5.19. The maximum Gasteiger partial charge on any atom is 0.282 e. The number of halogens is 1. The molecule has 1 aliphatic rings. The first-order valence-electron chi connectivity index (χ1n) is 6.87. The predicted molar refractivity (Wildman–Crippen MR) is 90.0 cm³/mol. The minimum atomic E-state index is -0.509. The van der Waals surface area contributed by atoms with Crippen LogP contribution >= 0.6 is 24.2 Å². The molecule has 0 saturated carbocycles. The summed E-state index contributed by atoms with van der Waals surface area (Å²) in [6.45, 7) is 3.75. The van der Waals surface area contributed by atoms with Gasteiger partial charge in [-0.05, 0) is 43.8 Å². The zero-order valence-corrected chi connectivity index (χ0v) is 14.1. The second kappa shape index (κ2) is 8.36. The van der Waals surface area contributed by atoms with Crippen molar-refractivity contribution in [3.05, 3.63) is 33.9 Å². The molecule has 122 valence electrons. The van der Waals surface area contributed by atoms with E-state index in [2.05, 4.69) is 17.6 Å². The molecule has 0 aromatic heterocycles. The van der Waals surface area contributed by atoms with Gasteiger partial charge in [-0.2, -0.15) is 0 Å². The highest BCUT2D eigenvalue weighted by Gasteiger charge is 2.26. The number of nitro groups is 1. The lowest BCUT2D eigenvalue weighted by Gasteiger charge is -2.30. The molecule has 0 aliphatic carbocycles. The highest BCUT2D eigenvalue weighted by Crippen LogP contribution is 2.25. The van der Waals surface area contributed by atoms with Crippen molar-refractivity contribution in [2.45, 2.75) is 24.3 Å². The molecule has 1 amide bonds. The van der Waals surface area contributed by atoms with Crippen molar-refractivity contribution in [3.63, 3.8) is 0 Å². The van der Waals surface area contributed by atoms with Gasteiger partial charge in [-0.25, -0.2) is 0 Å². The number of piperidine rings is 1. The Kier molecular flexibility index (Phi) is 7.12. The molecule has 1 aliphatic heterocycles. The van der Waals surface area contributed by atoms with Crippen LogP contribution in [0.25, 0.3) is 0 Å². The van der Waals surface area contributed by atoms with Crippen LogP contribution in [-0.4, -0.2) is 36.2 Å². The minimum absolute atomic E-state index is 0. The van der Waals surface area contributed by atoms with E-state index >= 15 is 0 Å². The van der Waals surface area contributed by atoms with Crippen molar-refractivity contribution in [1.82, 2.24) is 10.6 Å². The lowest BCUT2D eigenvalue weighted by atomic mass is 9.95. The van der Waals surface area contributed by atoms with E-state index in [-0.39, 0.29) is 35.6 Å². The maximum atomic E-state index is 12.4. The number of rotatable bonds is 4. The summed E-state index contributed by atoms with van der Waals surface area (Å²) in [7, 11) is 0. The molecular formula is C14H20ClN3O3S. The summed E-state index contributed by atoms with van der Waals surface area (Å²) in [5.41, 5.74) is -0.00975. The third kappa shape index (κ3) is 4.34. The van der Waals surface area contributed by atoms with E-state index in [1.807, 2.05) is 6.26 Å². The van der Waals surface area contributed by atoms with Crippen molar-refractivity contribution in [1.29, 1.82) is 0 Å². The van der Waals surface area contributed by atoms with Crippen LogP contribution in [-0.2, 0) is 0 Å². The van der Waals surface area contributed by atoms with E-state index in [1.165, 1.54) is 17.8 Å². The van der Waals surface area contributed by atoms with Crippen LogP contribution in [0, 0.1) is 16.0 Å². The average Bonchev–Trinajstić information content (AvgIpc) is 2.48. The molecule has 8 heteroatoms. The van der Waals surface area contributed by atoms with Gasteiger partial charge >= 0.3 is 0 Å². The SMILES string of the molecule is CSc1ccc([N+](=O)[O-])c(C(=O)NC2CCNCC2C)c1.Cl. The summed E-state index contributed by atoms with van der Waals surface area (Å²) in [6, 6.07) is 4.69. The number of benzene rings is 1. The van der Waals surface area contributed by atoms with Gasteiger partial charge in [-0.3, -0.25) is 14.9 Å². The van der Waals surface area contributed by atoms with Crippen LogP contribution < -0.4 is 10.6 Å². The summed E-state index contributed by atoms with van der Waals surface area (Å²) in [5, 5.41) is 17.3. The molecule has 2 rings (SSSR count). The number of thioether (sulfide) groups is 1. The Balaban J connectivity index is 0.00000242. The number of nitrogens with zero attached hydrogens (tertiary/aromatic N) is 1. The minimum Gasteiger partial charge on any atom is -0.349 e. The Bertz CT molecular complexity index is 556. The number of nitrogens with one attached hydrogen (secondary N) is 2. The highest BCUT2D eigenvalue weighted by atomic mass is 35.5. The highest BCUT2D eigenvalue weighted by molar-refractivity contribution is 7.98. The molecule has 6 nitrogen and oxygen atoms in total. The van der Waals surface area contributed by atoms with Gasteiger partial charge in [-0.15, -0.1) is 24.2 Å². The topological polar surface area (TPSA) is 84.3 Å². The fourth-order valence-corrected chi connectivity index (χ4v) is 2.90. The van der Waals surface area contributed by atoms with Crippen LogP contribution in [0.3, 0.4) is 0 Å². The molecule has 2 atom stereocenters. The third-order valence-corrected chi connectivity index (χ3v) is 4.47. The molecule has 0 bridgehead atoms. The first-order valence-corrected chi connectivity index (χ1v) is 8.09. The number of carbonyl (C=O) groups is 1. The van der Waals surface area contributed by atoms with Crippen molar-refractivity contribution in [2.24, 2.45) is 5.92 Å². The van der Waals surface area contributed by atoms with Gasteiger partial charge in [0.15, 0.2) is 0 Å². The van der Waals surface area contributed by atoms with Gasteiger partial charge in [-0.1, -0.05) is 6.92 Å². The van der Waals surface area contributed by atoms with Crippen molar-refractivity contribution in [2.75, 3.05) is 19.3 Å². The third-order valence-electron chi connectivity index (χ3n) is 3.75. The quantitative estimate of drug-likeness (QED) is 0.497. The summed E-state index contributed by atoms with van der Waals surface area (Å²) in [6.07, 6.45) is 2.71. The zero-order chi connectivity index (χ0) is 15.4. The number of hydrogen-bond donors (Lipinski definition) is 2. The molecule has 2 N–H and O–H groups in total. The van der Waals surface area contributed by atoms with E-state index < -0.39 is 4.92 Å². The zero-order valence-electron chi connectivity index (χ0n) is 12.5. The summed E-state index contributed by atoms with van der Waals surface area (Å²) >= 11 is 1.45. The van der Waals surface area contributed by atoms with Crippen molar-refractivity contribution in [3.8, 4) is 0 Å². The second-order valence-corrected chi connectivity index (χ2v) is 6.07. The van der Waals surface area contributed by atoms with Crippen LogP contribution in [0.15, 0.2) is 23.1 Å². The Labute approximate surface area is 140 Å². The molecule has 2 unspecified atom stereocenters. The summed E-state index contributed by atoms with van der Waals surface area (Å²) < 4.78 is 0. The monoisotopic (exact) mass is 345 g/mol. The largest absolute Gasteiger partial charge is 0.349 e. The number of hydrogen-bond acceptors (Lipinski definition) is 5. The first kappa shape index (κ1) is 18.7. The van der Waals surface area contributed by atoms with E-state index in [1.54, 1.807) is 12.1 Å². The fraction of sp³-hybridized carbons (Fsp3) is 0.500. The first-order chi connectivity index (χ1) is 10.0. The molecule has 0 radical (unpaired) electrons. The Morgan fingerprint density at radius 2 is 2.23 bits per heavy atom. The lowest BCUT2D eigenvalue weighted by molar-refractivity contribution is -0.385. The van der Waals surface area contributed by atoms with Crippen LogP contribution in [0.1, 0.15) is 23.7 Å². The lowest BCUT2D eigenvalue weighted by Crippen LogP contribution is -2.48. The van der Waals surface area contributed by atoms with Gasteiger partial charge in [0.1, 0.15) is 5.56 Å². The molecular weight excluding hydrogens is 326 g/mol. The molecule has 1 fully saturated rings. The predicted octanol–water partition coefficient (Wildman–Crippen LogP) is 2.47. The van der Waals surface area contributed by atoms with Crippen LogP contribution in [0.5, 0.6) is 0 Å². The van der Waals surface area contributed by atoms with Gasteiger partial charge in [0.2, 0.25) is 0 Å². The Morgan fingerprint density at radius 1 is 1.50 bits per heavy atom. The molecule has 1 saturated heterocycles. The Morgan fingerprint density at radius 3 is 2.82 bits per heavy atom. The average molecular weight is 346 g/mol. The van der Waals surface area contributed by atoms with E-state index in [9.17, 15) is 14.9 Å². The standard InChI is InChI=1S/C14H19N3O3S.ClH/c1-9-8-15-6-5-12(9)16-14(18)11-7-10(21-2)3-4-13(11)17(19)20;/h3-4,7,9,12,15H,5-6,8H2,1-2H3,(H,16,18);1H. The smallest absolute Gasteiger partial charge is 0.282 e. The van der Waals surface area contributed by atoms with Gasteiger partial charge in [0.05, 0.1) is 4.92 Å². The normalized spacial score (nSPS) is 20.8. The summed E-state index contributed by atoms with van der Waals surface area (Å²) in [5.74, 6) is -0.0539. The van der Waals surface area contributed by atoms with E-state index in [0.29, 0.717) is 5.92 Å². The van der Waals surface area contributed by atoms with Gasteiger partial charge < -0.3 is 10.6 Å². The summed E-state index contributed by atoms with van der Waals surface area (Å²) in [4.78, 5) is 23.8. The molecule has 1 heterocycles. The maximum absolute atomic E-state index is 12.4. The molecule has 22 heavy (non-hydrogen) atoms. The molecule has 1 aromatic rings. The van der Waals surface area contributed by atoms with Gasteiger partial charge in [0.25, 0.3) is 11.6 Å². The van der Waals surface area contributed by atoms with Crippen LogP contribution in [0.4, 0.5) is 5.69 Å². The number of amides is 1.